The van der Waals surface area contributed by atoms with Gasteiger partial charge in [-0.05, 0) is 55.9 Å². The predicted octanol–water partition coefficient (Wildman–Crippen LogP) is 3.50. The highest BCUT2D eigenvalue weighted by Crippen LogP contribution is 2.54. The molecule has 0 aliphatic heterocycles. The molecule has 4 rings (SSSR count). The molecule has 0 saturated heterocycles. The molecule has 0 radical (unpaired) electrons. The normalized spacial score (nSPS) is 31.7. The molecule has 102 valence electrons. The van der Waals surface area contributed by atoms with E-state index in [4.69, 9.17) is 0 Å². The van der Waals surface area contributed by atoms with Crippen molar-refractivity contribution in [2.75, 3.05) is 7.05 Å². The third kappa shape index (κ3) is 1.78. The number of nitrogens with zero attached hydrogens (tertiary/aromatic N) is 1. The van der Waals surface area contributed by atoms with Crippen LogP contribution in [-0.2, 0) is 12.8 Å². The summed E-state index contributed by atoms with van der Waals surface area (Å²) >= 11 is 1.80. The van der Waals surface area contributed by atoms with E-state index in [0.717, 1.165) is 23.8 Å². The maximum absolute atomic E-state index is 12.7. The molecule has 0 aromatic carbocycles. The molecule has 2 fully saturated rings. The Morgan fingerprint density at radius 3 is 2.74 bits per heavy atom. The zero-order valence-corrected chi connectivity index (χ0v) is 12.3. The minimum atomic E-state index is 0.291. The van der Waals surface area contributed by atoms with Crippen molar-refractivity contribution in [1.82, 2.24) is 4.90 Å². The summed E-state index contributed by atoms with van der Waals surface area (Å²) < 4.78 is 0. The van der Waals surface area contributed by atoms with Gasteiger partial charge in [-0.25, -0.2) is 0 Å². The Kier molecular flexibility index (Phi) is 2.73. The Bertz CT molecular complexity index is 511. The van der Waals surface area contributed by atoms with Crippen LogP contribution in [0.15, 0.2) is 5.38 Å². The number of rotatable bonds is 2. The molecule has 1 aromatic heterocycles. The van der Waals surface area contributed by atoms with Crippen LogP contribution < -0.4 is 0 Å². The van der Waals surface area contributed by atoms with E-state index < -0.39 is 0 Å². The van der Waals surface area contributed by atoms with E-state index >= 15 is 0 Å². The molecular formula is C16H21NOS. The van der Waals surface area contributed by atoms with Crippen LogP contribution in [-0.4, -0.2) is 23.9 Å². The number of amides is 1. The first-order valence-corrected chi connectivity index (χ1v) is 8.51. The van der Waals surface area contributed by atoms with E-state index in [1.54, 1.807) is 11.3 Å². The highest BCUT2D eigenvalue weighted by atomic mass is 32.1. The summed E-state index contributed by atoms with van der Waals surface area (Å²) in [6.45, 7) is 0. The lowest BCUT2D eigenvalue weighted by atomic mass is 9.95. The second kappa shape index (κ2) is 4.34. The van der Waals surface area contributed by atoms with E-state index in [-0.39, 0.29) is 0 Å². The number of carbonyl (C=O) groups is 1. The molecule has 2 unspecified atom stereocenters. The second-order valence-corrected chi connectivity index (χ2v) is 7.39. The van der Waals surface area contributed by atoms with Gasteiger partial charge in [-0.15, -0.1) is 11.3 Å². The second-order valence-electron chi connectivity index (χ2n) is 6.42. The SMILES string of the molecule is CN(C(=O)c1csc2c1CCCC2)C1C2CCCC21. The van der Waals surface area contributed by atoms with Gasteiger partial charge in [0.15, 0.2) is 0 Å². The van der Waals surface area contributed by atoms with Crippen molar-refractivity contribution < 1.29 is 4.79 Å². The largest absolute Gasteiger partial charge is 0.338 e. The van der Waals surface area contributed by atoms with Gasteiger partial charge in [0.25, 0.3) is 5.91 Å². The summed E-state index contributed by atoms with van der Waals surface area (Å²) in [5, 5.41) is 2.12. The lowest BCUT2D eigenvalue weighted by Gasteiger charge is -2.21. The molecule has 1 amide bonds. The van der Waals surface area contributed by atoms with Crippen molar-refractivity contribution >= 4 is 17.2 Å². The smallest absolute Gasteiger partial charge is 0.254 e. The lowest BCUT2D eigenvalue weighted by molar-refractivity contribution is 0.0766. The molecule has 1 aromatic rings. The summed E-state index contributed by atoms with van der Waals surface area (Å²) in [6.07, 6.45) is 8.91. The van der Waals surface area contributed by atoms with E-state index in [2.05, 4.69) is 10.3 Å². The Morgan fingerprint density at radius 1 is 1.21 bits per heavy atom. The Hall–Kier alpha value is -0.830. The van der Waals surface area contributed by atoms with E-state index in [0.29, 0.717) is 11.9 Å². The first-order valence-electron chi connectivity index (χ1n) is 7.64. The van der Waals surface area contributed by atoms with Crippen LogP contribution in [0.3, 0.4) is 0 Å². The average molecular weight is 275 g/mol. The fourth-order valence-electron chi connectivity index (χ4n) is 4.36. The molecule has 2 nitrogen and oxygen atoms in total. The van der Waals surface area contributed by atoms with Crippen molar-refractivity contribution in [2.45, 2.75) is 51.0 Å². The minimum Gasteiger partial charge on any atom is -0.338 e. The van der Waals surface area contributed by atoms with Gasteiger partial charge in [-0.2, -0.15) is 0 Å². The zero-order valence-electron chi connectivity index (χ0n) is 11.5. The van der Waals surface area contributed by atoms with E-state index in [1.807, 2.05) is 7.05 Å². The molecule has 0 spiro atoms. The van der Waals surface area contributed by atoms with Crippen molar-refractivity contribution in [3.63, 3.8) is 0 Å². The van der Waals surface area contributed by atoms with Crippen LogP contribution in [0.4, 0.5) is 0 Å². The maximum atomic E-state index is 12.7. The van der Waals surface area contributed by atoms with Crippen LogP contribution in [0.25, 0.3) is 0 Å². The quantitative estimate of drug-likeness (QED) is 0.809. The summed E-state index contributed by atoms with van der Waals surface area (Å²) in [4.78, 5) is 16.3. The van der Waals surface area contributed by atoms with Crippen molar-refractivity contribution in [3.8, 4) is 0 Å². The Labute approximate surface area is 118 Å². The fraction of sp³-hybridized carbons (Fsp3) is 0.688. The Morgan fingerprint density at radius 2 is 1.95 bits per heavy atom. The third-order valence-corrected chi connectivity index (χ3v) is 6.51. The van der Waals surface area contributed by atoms with E-state index in [9.17, 15) is 4.79 Å². The van der Waals surface area contributed by atoms with Crippen molar-refractivity contribution in [1.29, 1.82) is 0 Å². The van der Waals surface area contributed by atoms with Gasteiger partial charge in [-0.3, -0.25) is 4.79 Å². The monoisotopic (exact) mass is 275 g/mol. The van der Waals surface area contributed by atoms with Crippen molar-refractivity contribution in [2.24, 2.45) is 11.8 Å². The maximum Gasteiger partial charge on any atom is 0.254 e. The fourth-order valence-corrected chi connectivity index (χ4v) is 5.48. The number of aryl methyl sites for hydroxylation is 1. The molecule has 1 heterocycles. The highest BCUT2D eigenvalue weighted by Gasteiger charge is 2.55. The number of hydrogen-bond donors (Lipinski definition) is 0. The average Bonchev–Trinajstić information content (AvgIpc) is 2.84. The van der Waals surface area contributed by atoms with Crippen molar-refractivity contribution in [3.05, 3.63) is 21.4 Å². The Balaban J connectivity index is 1.55. The first-order chi connectivity index (χ1) is 9.27. The predicted molar refractivity (Wildman–Crippen MR) is 77.7 cm³/mol. The van der Waals surface area contributed by atoms with Gasteiger partial charge in [0, 0.05) is 23.3 Å². The molecule has 0 N–H and O–H groups in total. The number of thiophene rings is 1. The summed E-state index contributed by atoms with van der Waals surface area (Å²) in [7, 11) is 2.03. The molecule has 3 aliphatic rings. The van der Waals surface area contributed by atoms with Gasteiger partial charge in [0.2, 0.25) is 0 Å². The summed E-state index contributed by atoms with van der Waals surface area (Å²) in [5.41, 5.74) is 2.39. The molecule has 2 saturated carbocycles. The lowest BCUT2D eigenvalue weighted by Crippen LogP contribution is -2.32. The molecule has 3 aliphatic carbocycles. The first kappa shape index (κ1) is 12.0. The zero-order chi connectivity index (χ0) is 13.0. The van der Waals surface area contributed by atoms with Crippen LogP contribution >= 0.6 is 11.3 Å². The summed E-state index contributed by atoms with van der Waals surface area (Å²) in [6, 6.07) is 0.556. The van der Waals surface area contributed by atoms with Crippen LogP contribution in [0.2, 0.25) is 0 Å². The van der Waals surface area contributed by atoms with Gasteiger partial charge in [-0.1, -0.05) is 6.42 Å². The third-order valence-electron chi connectivity index (χ3n) is 5.42. The van der Waals surface area contributed by atoms with Crippen LogP contribution in [0.5, 0.6) is 0 Å². The van der Waals surface area contributed by atoms with Crippen LogP contribution in [0, 0.1) is 11.8 Å². The number of hydrogen-bond acceptors (Lipinski definition) is 2. The molecule has 3 heteroatoms. The standard InChI is InChI=1S/C16H21NOS/c1-17(15-11-6-4-7-12(11)15)16(18)13-9-19-14-8-3-2-5-10(13)14/h9,11-12,15H,2-8H2,1H3. The van der Waals surface area contributed by atoms with Gasteiger partial charge >= 0.3 is 0 Å². The minimum absolute atomic E-state index is 0.291. The van der Waals surface area contributed by atoms with E-state index in [1.165, 1.54) is 49.0 Å². The summed E-state index contributed by atoms with van der Waals surface area (Å²) in [5.74, 6) is 1.94. The number of carbonyl (C=O) groups excluding carboxylic acids is 1. The molecule has 19 heavy (non-hydrogen) atoms. The van der Waals surface area contributed by atoms with Crippen LogP contribution in [0.1, 0.15) is 52.9 Å². The van der Waals surface area contributed by atoms with Gasteiger partial charge in [0.05, 0.1) is 5.56 Å². The topological polar surface area (TPSA) is 20.3 Å². The number of fused-ring (bicyclic) bond motifs is 2. The molecular weight excluding hydrogens is 254 g/mol. The van der Waals surface area contributed by atoms with Gasteiger partial charge < -0.3 is 4.90 Å². The molecule has 2 atom stereocenters. The van der Waals surface area contributed by atoms with Gasteiger partial charge in [0.1, 0.15) is 0 Å². The highest BCUT2D eigenvalue weighted by molar-refractivity contribution is 7.10. The molecule has 0 bridgehead atoms.